The van der Waals surface area contributed by atoms with Crippen LogP contribution in [-0.4, -0.2) is 13.1 Å². The zero-order valence-electron chi connectivity index (χ0n) is 20.6. The van der Waals surface area contributed by atoms with Gasteiger partial charge in [0.25, 0.3) is 0 Å². The number of methoxy groups -OCH3 is 1. The Bertz CT molecular complexity index is 988. The van der Waals surface area contributed by atoms with Crippen molar-refractivity contribution >= 4 is 17.6 Å². The van der Waals surface area contributed by atoms with Crippen molar-refractivity contribution in [3.05, 3.63) is 69.8 Å². The number of carbonyl (C=O) groups excluding carboxylic acids is 1. The van der Waals surface area contributed by atoms with Crippen LogP contribution in [0.1, 0.15) is 99.5 Å². The molecule has 1 aliphatic carbocycles. The van der Waals surface area contributed by atoms with E-state index in [4.69, 9.17) is 4.74 Å². The molecule has 0 saturated heterocycles. The van der Waals surface area contributed by atoms with E-state index in [1.807, 2.05) is 24.3 Å². The molecule has 31 heavy (non-hydrogen) atoms. The van der Waals surface area contributed by atoms with Crippen LogP contribution in [0.4, 0.5) is 0 Å². The fourth-order valence-corrected chi connectivity index (χ4v) is 4.80. The maximum atomic E-state index is 11.7. The van der Waals surface area contributed by atoms with Crippen LogP contribution in [0, 0.1) is 5.92 Å². The van der Waals surface area contributed by atoms with Gasteiger partial charge in [0.15, 0.2) is 0 Å². The number of benzene rings is 2. The number of carbonyl (C=O) groups is 1. The second kappa shape index (κ2) is 8.65. The van der Waals surface area contributed by atoms with Crippen LogP contribution in [0.3, 0.4) is 0 Å². The summed E-state index contributed by atoms with van der Waals surface area (Å²) in [4.78, 5) is 11.7. The number of rotatable bonds is 5. The smallest absolute Gasteiger partial charge is 0.337 e. The normalized spacial score (nSPS) is 17.4. The predicted molar refractivity (Wildman–Crippen MR) is 132 cm³/mol. The third-order valence-electron chi connectivity index (χ3n) is 6.84. The molecule has 166 valence electrons. The monoisotopic (exact) mass is 418 g/mol. The largest absolute Gasteiger partial charge is 0.465 e. The van der Waals surface area contributed by atoms with Crippen molar-refractivity contribution < 1.29 is 9.53 Å². The highest BCUT2D eigenvalue weighted by Gasteiger charge is 2.37. The third kappa shape index (κ3) is 4.95. The first-order valence-corrected chi connectivity index (χ1v) is 11.5. The van der Waals surface area contributed by atoms with E-state index in [0.717, 1.165) is 12.0 Å². The van der Waals surface area contributed by atoms with Gasteiger partial charge in [-0.15, -0.1) is 0 Å². The van der Waals surface area contributed by atoms with E-state index in [0.29, 0.717) is 11.5 Å². The molecule has 0 radical (unpaired) electrons. The minimum absolute atomic E-state index is 0.193. The van der Waals surface area contributed by atoms with E-state index in [-0.39, 0.29) is 16.8 Å². The highest BCUT2D eigenvalue weighted by molar-refractivity contribution is 5.90. The highest BCUT2D eigenvalue weighted by Crippen LogP contribution is 2.47. The molecule has 0 aliphatic heterocycles. The number of allylic oxidation sites excluding steroid dienone is 1. The Hall–Kier alpha value is -2.35. The minimum Gasteiger partial charge on any atom is -0.465 e. The molecule has 1 aliphatic rings. The minimum atomic E-state index is -0.300. The molecular weight excluding hydrogens is 380 g/mol. The van der Waals surface area contributed by atoms with Gasteiger partial charge < -0.3 is 4.74 Å². The average Bonchev–Trinajstić information content (AvgIpc) is 2.70. The van der Waals surface area contributed by atoms with E-state index in [1.54, 1.807) is 0 Å². The number of ether oxygens (including phenoxy) is 1. The molecule has 3 rings (SSSR count). The van der Waals surface area contributed by atoms with Crippen molar-refractivity contribution in [1.82, 2.24) is 0 Å². The Morgan fingerprint density at radius 1 is 1.00 bits per heavy atom. The van der Waals surface area contributed by atoms with E-state index in [2.05, 4.69) is 66.7 Å². The maximum Gasteiger partial charge on any atom is 0.337 e. The second-order valence-corrected chi connectivity index (χ2v) is 10.9. The van der Waals surface area contributed by atoms with Crippen LogP contribution in [0.15, 0.2) is 36.4 Å². The molecular formula is C29H38O2. The summed E-state index contributed by atoms with van der Waals surface area (Å²) in [5.41, 5.74) is 9.18. The lowest BCUT2D eigenvalue weighted by molar-refractivity contribution is 0.0600. The summed E-state index contributed by atoms with van der Waals surface area (Å²) in [6, 6.07) is 12.6. The molecule has 0 unspecified atom stereocenters. The van der Waals surface area contributed by atoms with Gasteiger partial charge in [0.1, 0.15) is 0 Å². The fraction of sp³-hybridized carbons (Fsp3) is 0.483. The van der Waals surface area contributed by atoms with Crippen LogP contribution in [-0.2, 0) is 22.0 Å². The summed E-state index contributed by atoms with van der Waals surface area (Å²) in [6.07, 6.45) is 5.75. The molecule has 2 nitrogen and oxygen atoms in total. The van der Waals surface area contributed by atoms with Crippen molar-refractivity contribution in [2.45, 2.75) is 78.6 Å². The molecule has 0 bridgehead atoms. The van der Waals surface area contributed by atoms with Crippen LogP contribution >= 0.6 is 0 Å². The zero-order valence-corrected chi connectivity index (χ0v) is 20.6. The molecule has 2 aromatic carbocycles. The molecule has 0 spiro atoms. The van der Waals surface area contributed by atoms with Crippen molar-refractivity contribution in [3.63, 3.8) is 0 Å². The molecule has 0 aromatic heterocycles. The number of hydrogen-bond acceptors (Lipinski definition) is 2. The molecule has 2 heteroatoms. The van der Waals surface area contributed by atoms with Gasteiger partial charge in [0.2, 0.25) is 0 Å². The molecule has 0 atom stereocenters. The van der Waals surface area contributed by atoms with Gasteiger partial charge in [0.05, 0.1) is 12.7 Å². The Balaban J connectivity index is 2.10. The average molecular weight is 419 g/mol. The van der Waals surface area contributed by atoms with Crippen LogP contribution in [0.5, 0.6) is 0 Å². The summed E-state index contributed by atoms with van der Waals surface area (Å²) >= 11 is 0. The van der Waals surface area contributed by atoms with Crippen LogP contribution in [0.25, 0.3) is 11.6 Å². The Morgan fingerprint density at radius 2 is 1.55 bits per heavy atom. The lowest BCUT2D eigenvalue weighted by Crippen LogP contribution is -2.34. The first kappa shape index (κ1) is 23.3. The van der Waals surface area contributed by atoms with Crippen molar-refractivity contribution in [2.75, 3.05) is 7.11 Å². The first-order valence-electron chi connectivity index (χ1n) is 11.5. The topological polar surface area (TPSA) is 26.3 Å². The van der Waals surface area contributed by atoms with Crippen LogP contribution in [0.2, 0.25) is 0 Å². The summed E-state index contributed by atoms with van der Waals surface area (Å²) in [6.45, 7) is 16.4. The van der Waals surface area contributed by atoms with Gasteiger partial charge in [-0.05, 0) is 88.5 Å². The van der Waals surface area contributed by atoms with Gasteiger partial charge in [0, 0.05) is 0 Å². The highest BCUT2D eigenvalue weighted by atomic mass is 16.5. The second-order valence-electron chi connectivity index (χ2n) is 10.9. The maximum absolute atomic E-state index is 11.7. The fourth-order valence-electron chi connectivity index (χ4n) is 4.80. The molecule has 0 fully saturated rings. The van der Waals surface area contributed by atoms with E-state index in [1.165, 1.54) is 47.8 Å². The van der Waals surface area contributed by atoms with Crippen molar-refractivity contribution in [2.24, 2.45) is 5.92 Å². The molecule has 2 aromatic rings. The lowest BCUT2D eigenvalue weighted by atomic mass is 9.62. The van der Waals surface area contributed by atoms with Crippen molar-refractivity contribution in [3.8, 4) is 0 Å². The SMILES string of the molecule is COC(=O)c1ccc(/C=C(\C)c2cc3c(cc2CC(C)C)C(C)(C)CCC3(C)C)cc1. The van der Waals surface area contributed by atoms with E-state index in [9.17, 15) is 4.79 Å². The predicted octanol–water partition coefficient (Wildman–Crippen LogP) is 7.58. The quantitative estimate of drug-likeness (QED) is 0.369. The Labute approximate surface area is 188 Å². The summed E-state index contributed by atoms with van der Waals surface area (Å²) in [7, 11) is 1.41. The number of fused-ring (bicyclic) bond motifs is 1. The zero-order chi connectivity index (χ0) is 23.0. The van der Waals surface area contributed by atoms with Gasteiger partial charge in [-0.2, -0.15) is 0 Å². The summed E-state index contributed by atoms with van der Waals surface area (Å²) in [5, 5.41) is 0. The van der Waals surface area contributed by atoms with Gasteiger partial charge in [-0.25, -0.2) is 4.79 Å². The Kier molecular flexibility index (Phi) is 6.51. The van der Waals surface area contributed by atoms with Crippen LogP contribution < -0.4 is 0 Å². The molecule has 0 heterocycles. The Morgan fingerprint density at radius 3 is 2.06 bits per heavy atom. The molecule has 0 amide bonds. The third-order valence-corrected chi connectivity index (χ3v) is 6.84. The number of esters is 1. The van der Waals surface area contributed by atoms with Crippen molar-refractivity contribution in [1.29, 1.82) is 0 Å². The molecule has 0 N–H and O–H groups in total. The standard InChI is InChI=1S/C29H38O2/c1-19(2)15-23-17-25-26(29(6,7)14-13-28(25,4)5)18-24(23)20(3)16-21-9-11-22(12-10-21)27(30)31-8/h9-12,16-19H,13-15H2,1-8H3/b20-16+. The summed E-state index contributed by atoms with van der Waals surface area (Å²) in [5.74, 6) is 0.301. The number of hydrogen-bond donors (Lipinski definition) is 0. The molecule has 0 saturated carbocycles. The van der Waals surface area contributed by atoms with Gasteiger partial charge in [-0.3, -0.25) is 0 Å². The summed E-state index contributed by atoms with van der Waals surface area (Å²) < 4.78 is 4.81. The first-order chi connectivity index (χ1) is 14.4. The van der Waals surface area contributed by atoms with Gasteiger partial charge in [-0.1, -0.05) is 71.9 Å². The lowest BCUT2D eigenvalue weighted by Gasteiger charge is -2.42. The van der Waals surface area contributed by atoms with Gasteiger partial charge >= 0.3 is 5.97 Å². The van der Waals surface area contributed by atoms with E-state index < -0.39 is 0 Å². The van der Waals surface area contributed by atoms with E-state index >= 15 is 0 Å².